The lowest BCUT2D eigenvalue weighted by atomic mass is 10.3. The Kier molecular flexibility index (Phi) is 5.51. The van der Waals surface area contributed by atoms with Crippen LogP contribution >= 0.6 is 0 Å². The van der Waals surface area contributed by atoms with E-state index < -0.39 is 0 Å². The zero-order chi connectivity index (χ0) is 10.4. The molecule has 0 atom stereocenters. The van der Waals surface area contributed by atoms with Gasteiger partial charge in [-0.05, 0) is 27.2 Å². The Morgan fingerprint density at radius 1 is 1.31 bits per heavy atom. The largest absolute Gasteiger partial charge is 0.328 e. The number of carbonyl (C=O) groups excluding carboxylic acids is 1. The van der Waals surface area contributed by atoms with Crippen LogP contribution in [0.5, 0.6) is 0 Å². The first-order valence-electron chi connectivity index (χ1n) is 5.06. The molecule has 3 nitrogen and oxygen atoms in total. The minimum Gasteiger partial charge on any atom is -0.328 e. The maximum Gasteiger partial charge on any atom is 0.319 e. The Bertz CT molecular complexity index is 157. The van der Waals surface area contributed by atoms with Gasteiger partial charge in [0.05, 0.1) is 0 Å². The van der Waals surface area contributed by atoms with Crippen molar-refractivity contribution in [3.63, 3.8) is 0 Å². The van der Waals surface area contributed by atoms with Crippen LogP contribution in [0.2, 0.25) is 0 Å². The number of urea groups is 1. The van der Waals surface area contributed by atoms with Crippen LogP contribution in [0.4, 0.5) is 4.79 Å². The van der Waals surface area contributed by atoms with E-state index in [1.54, 1.807) is 4.90 Å². The molecule has 0 saturated carbocycles. The number of nitrogens with zero attached hydrogens (tertiary/aromatic N) is 2. The second kappa shape index (κ2) is 5.84. The minimum atomic E-state index is 0.138. The molecule has 0 unspecified atom stereocenters. The highest BCUT2D eigenvalue weighted by molar-refractivity contribution is 5.74. The van der Waals surface area contributed by atoms with E-state index in [1.807, 2.05) is 18.9 Å². The Hall–Kier alpha value is -0.730. The molecule has 0 bridgehead atoms. The van der Waals surface area contributed by atoms with Crippen molar-refractivity contribution >= 4 is 6.03 Å². The Morgan fingerprint density at radius 2 is 1.85 bits per heavy atom. The van der Waals surface area contributed by atoms with E-state index in [0.29, 0.717) is 6.04 Å². The summed E-state index contributed by atoms with van der Waals surface area (Å²) in [5, 5.41) is 0. The van der Waals surface area contributed by atoms with Crippen molar-refractivity contribution in [3.8, 4) is 0 Å². The Labute approximate surface area is 81.7 Å². The van der Waals surface area contributed by atoms with Crippen LogP contribution in [-0.4, -0.2) is 42.0 Å². The fourth-order valence-corrected chi connectivity index (χ4v) is 1.17. The monoisotopic (exact) mass is 186 g/mol. The molecule has 0 spiro atoms. The summed E-state index contributed by atoms with van der Waals surface area (Å²) in [6.45, 7) is 9.80. The van der Waals surface area contributed by atoms with Crippen LogP contribution < -0.4 is 0 Å². The van der Waals surface area contributed by atoms with Gasteiger partial charge in [-0.2, -0.15) is 0 Å². The van der Waals surface area contributed by atoms with Crippen LogP contribution in [0.3, 0.4) is 0 Å². The summed E-state index contributed by atoms with van der Waals surface area (Å²) in [5.74, 6) is 0. The lowest BCUT2D eigenvalue weighted by molar-refractivity contribution is 0.151. The number of hydrogen-bond acceptors (Lipinski definition) is 1. The molecule has 0 aliphatic carbocycles. The molecule has 0 fully saturated rings. The predicted octanol–water partition coefficient (Wildman–Crippen LogP) is 2.18. The molecule has 0 aliphatic heterocycles. The van der Waals surface area contributed by atoms with E-state index in [1.165, 1.54) is 0 Å². The van der Waals surface area contributed by atoms with Gasteiger partial charge in [0.15, 0.2) is 0 Å². The van der Waals surface area contributed by atoms with Crippen molar-refractivity contribution in [1.82, 2.24) is 9.80 Å². The molecule has 3 heteroatoms. The zero-order valence-electron chi connectivity index (χ0n) is 9.50. The predicted molar refractivity (Wildman–Crippen MR) is 55.8 cm³/mol. The minimum absolute atomic E-state index is 0.138. The summed E-state index contributed by atoms with van der Waals surface area (Å²) in [5.41, 5.74) is 0. The molecule has 13 heavy (non-hydrogen) atoms. The van der Waals surface area contributed by atoms with Crippen molar-refractivity contribution < 1.29 is 4.79 Å². The molecule has 0 rings (SSSR count). The summed E-state index contributed by atoms with van der Waals surface area (Å²) < 4.78 is 0. The highest BCUT2D eigenvalue weighted by Crippen LogP contribution is 2.03. The third kappa shape index (κ3) is 3.66. The first-order valence-corrected chi connectivity index (χ1v) is 5.06. The lowest BCUT2D eigenvalue weighted by Crippen LogP contribution is -2.45. The first kappa shape index (κ1) is 12.3. The average molecular weight is 186 g/mol. The van der Waals surface area contributed by atoms with Gasteiger partial charge >= 0.3 is 6.03 Å². The number of amides is 2. The average Bonchev–Trinajstić information content (AvgIpc) is 2.11. The molecule has 0 aromatic heterocycles. The van der Waals surface area contributed by atoms with Gasteiger partial charge in [0, 0.05) is 26.2 Å². The van der Waals surface area contributed by atoms with Crippen LogP contribution in [0.15, 0.2) is 0 Å². The van der Waals surface area contributed by atoms with E-state index in [4.69, 9.17) is 0 Å². The highest BCUT2D eigenvalue weighted by Gasteiger charge is 2.18. The molecule has 0 saturated heterocycles. The fourth-order valence-electron chi connectivity index (χ4n) is 1.17. The van der Waals surface area contributed by atoms with Gasteiger partial charge in [-0.1, -0.05) is 6.92 Å². The number of carbonyl (C=O) groups is 1. The van der Waals surface area contributed by atoms with Crippen LogP contribution in [-0.2, 0) is 0 Å². The molecule has 0 N–H and O–H groups in total. The van der Waals surface area contributed by atoms with Gasteiger partial charge in [-0.3, -0.25) is 0 Å². The van der Waals surface area contributed by atoms with E-state index in [-0.39, 0.29) is 6.03 Å². The molecule has 0 heterocycles. The molecular weight excluding hydrogens is 164 g/mol. The van der Waals surface area contributed by atoms with Crippen LogP contribution in [0.1, 0.15) is 34.1 Å². The standard InChI is InChI=1S/C10H22N2O/c1-6-8-12(9(3)4)10(13)11(5)7-2/h9H,6-8H2,1-5H3. The van der Waals surface area contributed by atoms with E-state index in [2.05, 4.69) is 20.8 Å². The van der Waals surface area contributed by atoms with Gasteiger partial charge in [-0.25, -0.2) is 4.79 Å². The summed E-state index contributed by atoms with van der Waals surface area (Å²) in [6.07, 6.45) is 1.02. The second-order valence-electron chi connectivity index (χ2n) is 3.58. The van der Waals surface area contributed by atoms with Gasteiger partial charge in [0.2, 0.25) is 0 Å². The zero-order valence-corrected chi connectivity index (χ0v) is 9.50. The number of rotatable bonds is 4. The van der Waals surface area contributed by atoms with Crippen molar-refractivity contribution in [2.45, 2.75) is 40.2 Å². The van der Waals surface area contributed by atoms with E-state index >= 15 is 0 Å². The highest BCUT2D eigenvalue weighted by atomic mass is 16.2. The number of hydrogen-bond donors (Lipinski definition) is 0. The topological polar surface area (TPSA) is 23.6 Å². The van der Waals surface area contributed by atoms with Crippen LogP contribution in [0.25, 0.3) is 0 Å². The third-order valence-corrected chi connectivity index (χ3v) is 2.13. The third-order valence-electron chi connectivity index (χ3n) is 2.13. The lowest BCUT2D eigenvalue weighted by Gasteiger charge is -2.30. The summed E-state index contributed by atoms with van der Waals surface area (Å²) in [7, 11) is 1.84. The molecule has 2 amide bonds. The van der Waals surface area contributed by atoms with Gasteiger partial charge in [0.25, 0.3) is 0 Å². The second-order valence-corrected chi connectivity index (χ2v) is 3.58. The van der Waals surface area contributed by atoms with Crippen molar-refractivity contribution in [2.75, 3.05) is 20.1 Å². The van der Waals surface area contributed by atoms with E-state index in [0.717, 1.165) is 19.5 Å². The Balaban J connectivity index is 4.27. The van der Waals surface area contributed by atoms with Gasteiger partial charge in [-0.15, -0.1) is 0 Å². The maximum atomic E-state index is 11.8. The first-order chi connectivity index (χ1) is 6.04. The van der Waals surface area contributed by atoms with Gasteiger partial charge in [0.1, 0.15) is 0 Å². The molecule has 78 valence electrons. The molecular formula is C10H22N2O. The molecule has 0 aromatic carbocycles. The maximum absolute atomic E-state index is 11.8. The molecule has 0 aromatic rings. The quantitative estimate of drug-likeness (QED) is 0.660. The van der Waals surface area contributed by atoms with Crippen molar-refractivity contribution in [2.24, 2.45) is 0 Å². The smallest absolute Gasteiger partial charge is 0.319 e. The van der Waals surface area contributed by atoms with Crippen LogP contribution in [0, 0.1) is 0 Å². The molecule has 0 aliphatic rings. The summed E-state index contributed by atoms with van der Waals surface area (Å²) >= 11 is 0. The normalized spacial score (nSPS) is 10.3. The SMILES string of the molecule is CCCN(C(=O)N(C)CC)C(C)C. The van der Waals surface area contributed by atoms with E-state index in [9.17, 15) is 4.79 Å². The molecule has 0 radical (unpaired) electrons. The van der Waals surface area contributed by atoms with Gasteiger partial charge < -0.3 is 9.80 Å². The van der Waals surface area contributed by atoms with Crippen molar-refractivity contribution in [1.29, 1.82) is 0 Å². The van der Waals surface area contributed by atoms with Crippen molar-refractivity contribution in [3.05, 3.63) is 0 Å². The summed E-state index contributed by atoms with van der Waals surface area (Å²) in [6, 6.07) is 0.431. The Morgan fingerprint density at radius 3 is 2.15 bits per heavy atom. The fraction of sp³-hybridized carbons (Fsp3) is 0.900. The summed E-state index contributed by atoms with van der Waals surface area (Å²) in [4.78, 5) is 15.4.